The van der Waals surface area contributed by atoms with Gasteiger partial charge in [-0.25, -0.2) is 0 Å². The fourth-order valence-electron chi connectivity index (χ4n) is 4.36. The van der Waals surface area contributed by atoms with Gasteiger partial charge in [0.25, 0.3) is 11.6 Å². The second-order valence-corrected chi connectivity index (χ2v) is 8.27. The Morgan fingerprint density at radius 1 is 1.12 bits per heavy atom. The van der Waals surface area contributed by atoms with Gasteiger partial charge in [-0.15, -0.1) is 0 Å². The van der Waals surface area contributed by atoms with Crippen LogP contribution in [0.1, 0.15) is 22.7 Å². The number of aryl methyl sites for hydroxylation is 1. The molecule has 2 aromatic carbocycles. The summed E-state index contributed by atoms with van der Waals surface area (Å²) < 4.78 is 5.37. The monoisotopic (exact) mass is 451 g/mol. The molecule has 1 amide bonds. The van der Waals surface area contributed by atoms with Crippen LogP contribution >= 0.6 is 0 Å². The fraction of sp³-hybridized carbons (Fsp3) is 0.333. The number of benzene rings is 2. The highest BCUT2D eigenvalue weighted by Crippen LogP contribution is 2.41. The molecular formula is C24H25N3O6. The fourth-order valence-corrected chi connectivity index (χ4v) is 4.36. The SMILES string of the molecule is Cc1ccc(/C([O-])=C2\C(=O)C(=O)N(CC[NH+]3CCOCC3)C2c2ccccc2[N+](=O)[O-])cc1. The molecule has 1 atom stereocenters. The summed E-state index contributed by atoms with van der Waals surface area (Å²) in [4.78, 5) is 39.8. The van der Waals surface area contributed by atoms with Crippen LogP contribution in [0.25, 0.3) is 5.76 Å². The summed E-state index contributed by atoms with van der Waals surface area (Å²) >= 11 is 0. The Hall–Kier alpha value is -3.56. The number of hydrogen-bond donors (Lipinski definition) is 1. The highest BCUT2D eigenvalue weighted by atomic mass is 16.6. The normalized spacial score (nSPS) is 20.9. The third-order valence-corrected chi connectivity index (χ3v) is 6.18. The zero-order valence-electron chi connectivity index (χ0n) is 18.3. The number of amides is 1. The molecule has 0 aliphatic carbocycles. The van der Waals surface area contributed by atoms with Gasteiger partial charge in [-0.3, -0.25) is 19.7 Å². The van der Waals surface area contributed by atoms with Gasteiger partial charge >= 0.3 is 0 Å². The number of hydrogen-bond acceptors (Lipinski definition) is 6. The number of carbonyl (C=O) groups is 2. The van der Waals surface area contributed by atoms with Crippen LogP contribution in [0.15, 0.2) is 54.1 Å². The molecule has 2 fully saturated rings. The summed E-state index contributed by atoms with van der Waals surface area (Å²) in [6.07, 6.45) is 0. The minimum absolute atomic E-state index is 0.161. The van der Waals surface area contributed by atoms with Crippen LogP contribution in [0.3, 0.4) is 0 Å². The summed E-state index contributed by atoms with van der Waals surface area (Å²) in [5, 5.41) is 25.1. The minimum Gasteiger partial charge on any atom is -0.872 e. The van der Waals surface area contributed by atoms with Gasteiger partial charge in [-0.2, -0.15) is 0 Å². The van der Waals surface area contributed by atoms with Crippen molar-refractivity contribution in [1.82, 2.24) is 4.90 Å². The molecule has 4 rings (SSSR count). The van der Waals surface area contributed by atoms with Crippen LogP contribution in [-0.4, -0.2) is 60.9 Å². The van der Waals surface area contributed by atoms with Crippen molar-refractivity contribution in [1.29, 1.82) is 0 Å². The number of ketones is 1. The lowest BCUT2D eigenvalue weighted by atomic mass is 9.94. The van der Waals surface area contributed by atoms with Crippen LogP contribution in [-0.2, 0) is 14.3 Å². The summed E-state index contributed by atoms with van der Waals surface area (Å²) in [6.45, 7) is 5.37. The number of nitrogens with one attached hydrogen (secondary N) is 1. The number of ether oxygens (including phenoxy) is 1. The number of para-hydroxylation sites is 1. The van der Waals surface area contributed by atoms with Crippen LogP contribution in [0.5, 0.6) is 0 Å². The van der Waals surface area contributed by atoms with Crippen molar-refractivity contribution < 1.29 is 29.3 Å². The second kappa shape index (κ2) is 9.51. The predicted molar refractivity (Wildman–Crippen MR) is 117 cm³/mol. The Morgan fingerprint density at radius 3 is 2.45 bits per heavy atom. The smallest absolute Gasteiger partial charge is 0.295 e. The highest BCUT2D eigenvalue weighted by molar-refractivity contribution is 6.46. The second-order valence-electron chi connectivity index (χ2n) is 8.27. The average molecular weight is 451 g/mol. The largest absolute Gasteiger partial charge is 0.872 e. The van der Waals surface area contributed by atoms with Gasteiger partial charge in [-0.1, -0.05) is 47.7 Å². The molecule has 9 heteroatoms. The molecule has 1 N–H and O–H groups in total. The number of likely N-dealkylation sites (tertiary alicyclic amines) is 1. The first-order valence-corrected chi connectivity index (χ1v) is 10.9. The number of nitrogens with zero attached hydrogens (tertiary/aromatic N) is 2. The number of nitro groups is 1. The highest BCUT2D eigenvalue weighted by Gasteiger charge is 2.46. The summed E-state index contributed by atoms with van der Waals surface area (Å²) in [5.41, 5.74) is 0.893. The van der Waals surface area contributed by atoms with Gasteiger partial charge in [0, 0.05) is 11.6 Å². The van der Waals surface area contributed by atoms with Gasteiger partial charge in [-0.05, 0) is 18.6 Å². The van der Waals surface area contributed by atoms with Gasteiger partial charge in [0.1, 0.15) is 13.1 Å². The van der Waals surface area contributed by atoms with E-state index >= 15 is 0 Å². The lowest BCUT2D eigenvalue weighted by Crippen LogP contribution is -3.14. The van der Waals surface area contributed by atoms with Crippen LogP contribution in [0.4, 0.5) is 5.69 Å². The molecule has 0 radical (unpaired) electrons. The Kier molecular flexibility index (Phi) is 6.52. The lowest BCUT2D eigenvalue weighted by Gasteiger charge is -2.30. The Bertz CT molecular complexity index is 1110. The van der Waals surface area contributed by atoms with E-state index in [1.807, 2.05) is 6.92 Å². The molecule has 172 valence electrons. The standard InChI is InChI=1S/C24H25N3O6/c1-16-6-8-17(9-7-16)22(28)20-21(18-4-2-3-5-19(18)27(31)32)26(24(30)23(20)29)11-10-25-12-14-33-15-13-25/h2-9,21,28H,10-15H2,1H3/b22-20+. The Labute approximate surface area is 191 Å². The van der Waals surface area contributed by atoms with Crippen molar-refractivity contribution in [2.24, 2.45) is 0 Å². The number of carbonyl (C=O) groups excluding carboxylic acids is 2. The first kappa shape index (κ1) is 22.6. The maximum absolute atomic E-state index is 13.4. The van der Waals surface area contributed by atoms with Gasteiger partial charge in [0.2, 0.25) is 5.78 Å². The number of morpholine rings is 1. The molecule has 0 bridgehead atoms. The molecule has 2 saturated heterocycles. The molecule has 1 unspecified atom stereocenters. The zero-order chi connectivity index (χ0) is 23.5. The Morgan fingerprint density at radius 2 is 1.79 bits per heavy atom. The van der Waals surface area contributed by atoms with Crippen molar-refractivity contribution in [3.63, 3.8) is 0 Å². The molecule has 0 saturated carbocycles. The maximum atomic E-state index is 13.4. The van der Waals surface area contributed by atoms with E-state index in [9.17, 15) is 24.8 Å². The summed E-state index contributed by atoms with van der Waals surface area (Å²) in [5.74, 6) is -2.29. The first-order chi connectivity index (χ1) is 15.9. The van der Waals surface area contributed by atoms with Gasteiger partial charge < -0.3 is 19.6 Å². The molecule has 9 nitrogen and oxygen atoms in total. The van der Waals surface area contributed by atoms with E-state index in [2.05, 4.69) is 0 Å². The van der Waals surface area contributed by atoms with E-state index < -0.39 is 28.4 Å². The van der Waals surface area contributed by atoms with E-state index in [-0.39, 0.29) is 28.9 Å². The molecule has 33 heavy (non-hydrogen) atoms. The predicted octanol–water partition coefficient (Wildman–Crippen LogP) is 0.0423. The molecular weight excluding hydrogens is 426 g/mol. The lowest BCUT2D eigenvalue weighted by molar-refractivity contribution is -0.907. The summed E-state index contributed by atoms with van der Waals surface area (Å²) in [7, 11) is 0. The minimum atomic E-state index is -1.11. The van der Waals surface area contributed by atoms with Crippen LogP contribution in [0.2, 0.25) is 0 Å². The van der Waals surface area contributed by atoms with Crippen LogP contribution < -0.4 is 10.0 Å². The number of rotatable bonds is 6. The Balaban J connectivity index is 1.80. The van der Waals surface area contributed by atoms with E-state index in [1.54, 1.807) is 30.3 Å². The molecule has 2 aliphatic heterocycles. The van der Waals surface area contributed by atoms with Crippen molar-refractivity contribution >= 4 is 23.1 Å². The van der Waals surface area contributed by atoms with E-state index in [1.165, 1.54) is 28.0 Å². The topological polar surface area (TPSA) is 117 Å². The van der Waals surface area contributed by atoms with Crippen molar-refractivity contribution in [2.45, 2.75) is 13.0 Å². The average Bonchev–Trinajstić information content (AvgIpc) is 3.08. The third kappa shape index (κ3) is 4.50. The molecule has 2 aliphatic rings. The van der Waals surface area contributed by atoms with Crippen molar-refractivity contribution in [3.05, 3.63) is 80.9 Å². The third-order valence-electron chi connectivity index (χ3n) is 6.18. The first-order valence-electron chi connectivity index (χ1n) is 10.9. The zero-order valence-corrected chi connectivity index (χ0v) is 18.3. The molecule has 0 spiro atoms. The van der Waals surface area contributed by atoms with Gasteiger partial charge in [0.05, 0.1) is 42.8 Å². The van der Waals surface area contributed by atoms with E-state index in [0.29, 0.717) is 19.8 Å². The molecule has 2 aromatic rings. The van der Waals surface area contributed by atoms with E-state index in [0.717, 1.165) is 18.7 Å². The maximum Gasteiger partial charge on any atom is 0.295 e. The van der Waals surface area contributed by atoms with Crippen molar-refractivity contribution in [2.75, 3.05) is 39.4 Å². The van der Waals surface area contributed by atoms with Gasteiger partial charge in [0.15, 0.2) is 0 Å². The van der Waals surface area contributed by atoms with Crippen molar-refractivity contribution in [3.8, 4) is 0 Å². The molecule has 0 aromatic heterocycles. The van der Waals surface area contributed by atoms with Crippen LogP contribution in [0, 0.1) is 17.0 Å². The number of Topliss-reactive ketones (excluding diaryl/α,β-unsaturated/α-hetero) is 1. The van der Waals surface area contributed by atoms with E-state index in [4.69, 9.17) is 4.74 Å². The number of quaternary nitrogens is 1. The number of nitro benzene ring substituents is 1. The summed E-state index contributed by atoms with van der Waals surface area (Å²) in [6, 6.07) is 11.5. The molecule has 2 heterocycles. The quantitative estimate of drug-likeness (QED) is 0.218.